The Bertz CT molecular complexity index is 578. The van der Waals surface area contributed by atoms with E-state index in [-0.39, 0.29) is 5.78 Å². The van der Waals surface area contributed by atoms with Gasteiger partial charge in [0.2, 0.25) is 0 Å². The molecule has 0 unspecified atom stereocenters. The summed E-state index contributed by atoms with van der Waals surface area (Å²) < 4.78 is 10.3. The van der Waals surface area contributed by atoms with E-state index in [0.29, 0.717) is 24.3 Å². The fourth-order valence-corrected chi connectivity index (χ4v) is 2.20. The van der Waals surface area contributed by atoms with E-state index >= 15 is 0 Å². The Morgan fingerprint density at radius 2 is 2.05 bits per heavy atom. The minimum absolute atomic E-state index is 0.153. The number of rotatable bonds is 5. The average Bonchev–Trinajstić information content (AvgIpc) is 3.01. The average molecular weight is 305 g/mol. The smallest absolute Gasteiger partial charge is 0.336 e. The van der Waals surface area contributed by atoms with Crippen molar-refractivity contribution in [2.45, 2.75) is 38.9 Å². The van der Waals surface area contributed by atoms with E-state index in [4.69, 9.17) is 9.47 Å². The van der Waals surface area contributed by atoms with E-state index < -0.39 is 24.1 Å². The monoisotopic (exact) mass is 305 g/mol. The number of carbonyl (C=O) groups is 3. The fourth-order valence-electron chi connectivity index (χ4n) is 2.20. The first-order valence-electron chi connectivity index (χ1n) is 7.22. The second-order valence-corrected chi connectivity index (χ2v) is 5.17. The number of carbonyl (C=O) groups excluding carboxylic acids is 3. The van der Waals surface area contributed by atoms with Crippen LogP contribution in [0.5, 0.6) is 0 Å². The molecule has 1 saturated heterocycles. The molecule has 6 nitrogen and oxygen atoms in total. The molecule has 1 fully saturated rings. The highest BCUT2D eigenvalue weighted by Gasteiger charge is 2.28. The number of ether oxygens (including phenoxy) is 2. The number of hydrogen-bond acceptors (Lipinski definition) is 5. The molecule has 1 amide bonds. The lowest BCUT2D eigenvalue weighted by atomic mass is 10.1. The molecule has 1 aliphatic rings. The van der Waals surface area contributed by atoms with Gasteiger partial charge in [0.15, 0.2) is 18.0 Å². The van der Waals surface area contributed by atoms with Gasteiger partial charge in [-0.3, -0.25) is 9.59 Å². The number of nitrogens with one attached hydrogen (secondary N) is 1. The highest BCUT2D eigenvalue weighted by molar-refractivity contribution is 6.04. The third-order valence-electron chi connectivity index (χ3n) is 3.42. The van der Waals surface area contributed by atoms with E-state index in [9.17, 15) is 14.4 Å². The number of Topliss-reactive ketones (excluding diaryl/α,β-unsaturated/α-hetero) is 1. The molecule has 2 atom stereocenters. The van der Waals surface area contributed by atoms with E-state index in [1.54, 1.807) is 24.3 Å². The summed E-state index contributed by atoms with van der Waals surface area (Å²) >= 11 is 0. The van der Waals surface area contributed by atoms with Crippen LogP contribution in [0.15, 0.2) is 24.3 Å². The third-order valence-corrected chi connectivity index (χ3v) is 3.42. The van der Waals surface area contributed by atoms with Crippen LogP contribution in [-0.2, 0) is 19.1 Å². The van der Waals surface area contributed by atoms with Gasteiger partial charge in [-0.1, -0.05) is 12.1 Å². The Morgan fingerprint density at radius 3 is 2.68 bits per heavy atom. The predicted octanol–water partition coefficient (Wildman–Crippen LogP) is 1.94. The maximum absolute atomic E-state index is 12.1. The molecule has 2 rings (SSSR count). The molecule has 0 saturated carbocycles. The normalized spacial score (nSPS) is 18.5. The van der Waals surface area contributed by atoms with Crippen LogP contribution in [0, 0.1) is 0 Å². The molecule has 1 aromatic rings. The summed E-state index contributed by atoms with van der Waals surface area (Å²) in [5, 5.41) is 2.61. The highest BCUT2D eigenvalue weighted by Crippen LogP contribution is 2.17. The van der Waals surface area contributed by atoms with Crippen molar-refractivity contribution in [3.63, 3.8) is 0 Å². The van der Waals surface area contributed by atoms with Crippen molar-refractivity contribution < 1.29 is 23.9 Å². The van der Waals surface area contributed by atoms with E-state index in [1.807, 2.05) is 0 Å². The van der Waals surface area contributed by atoms with E-state index in [0.717, 1.165) is 6.42 Å². The zero-order valence-electron chi connectivity index (χ0n) is 12.6. The second kappa shape index (κ2) is 7.17. The molecule has 6 heteroatoms. The number of hydrogen-bond donors (Lipinski definition) is 1. The van der Waals surface area contributed by atoms with Gasteiger partial charge in [0.1, 0.15) is 0 Å². The summed E-state index contributed by atoms with van der Waals surface area (Å²) in [5.74, 6) is -1.17. The predicted molar refractivity (Wildman–Crippen MR) is 79.6 cm³/mol. The van der Waals surface area contributed by atoms with Crippen LogP contribution >= 0.6 is 0 Å². The van der Waals surface area contributed by atoms with Crippen LogP contribution < -0.4 is 5.32 Å². The molecule has 1 aliphatic heterocycles. The molecular formula is C16H19NO5. The van der Waals surface area contributed by atoms with Gasteiger partial charge in [0, 0.05) is 12.2 Å². The lowest BCUT2D eigenvalue weighted by Gasteiger charge is -2.16. The Hall–Kier alpha value is -2.21. The maximum atomic E-state index is 12.1. The van der Waals surface area contributed by atoms with Gasteiger partial charge in [0.25, 0.3) is 5.91 Å². The van der Waals surface area contributed by atoms with E-state index in [1.165, 1.54) is 13.8 Å². The molecular weight excluding hydrogens is 286 g/mol. The molecule has 0 radical (unpaired) electrons. The SMILES string of the molecule is CC(=O)c1ccccc1NC(=O)[C@H](C)OC(=O)[C@@H]1CCCO1. The van der Waals surface area contributed by atoms with Crippen LogP contribution in [0.25, 0.3) is 0 Å². The number of anilines is 1. The molecule has 0 aromatic heterocycles. The summed E-state index contributed by atoms with van der Waals surface area (Å²) in [6.07, 6.45) is -0.122. The standard InChI is InChI=1S/C16H19NO5/c1-10(18)12-6-3-4-7-13(12)17-15(19)11(2)22-16(20)14-8-5-9-21-14/h3-4,6-7,11,14H,5,8-9H2,1-2H3,(H,17,19)/t11-,14-/m0/s1. The number of para-hydroxylation sites is 1. The Labute approximate surface area is 128 Å². The Balaban J connectivity index is 1.96. The highest BCUT2D eigenvalue weighted by atomic mass is 16.6. The van der Waals surface area contributed by atoms with Gasteiger partial charge in [-0.2, -0.15) is 0 Å². The van der Waals surface area contributed by atoms with Crippen molar-refractivity contribution in [3.8, 4) is 0 Å². The van der Waals surface area contributed by atoms with Gasteiger partial charge in [-0.05, 0) is 38.8 Å². The van der Waals surface area contributed by atoms with Crippen molar-refractivity contribution in [3.05, 3.63) is 29.8 Å². The number of benzene rings is 1. The zero-order chi connectivity index (χ0) is 16.1. The minimum Gasteiger partial charge on any atom is -0.451 e. The Morgan fingerprint density at radius 1 is 1.32 bits per heavy atom. The van der Waals surface area contributed by atoms with Crippen LogP contribution in [0.3, 0.4) is 0 Å². The van der Waals surface area contributed by atoms with Crippen molar-refractivity contribution in [1.29, 1.82) is 0 Å². The lowest BCUT2D eigenvalue weighted by molar-refractivity contribution is -0.162. The molecule has 0 bridgehead atoms. The number of esters is 1. The fraction of sp³-hybridized carbons (Fsp3) is 0.438. The summed E-state index contributed by atoms with van der Waals surface area (Å²) in [6.45, 7) is 3.44. The van der Waals surface area contributed by atoms with Gasteiger partial charge in [-0.25, -0.2) is 4.79 Å². The van der Waals surface area contributed by atoms with Crippen LogP contribution in [0.2, 0.25) is 0 Å². The largest absolute Gasteiger partial charge is 0.451 e. The van der Waals surface area contributed by atoms with Crippen LogP contribution in [-0.4, -0.2) is 36.5 Å². The molecule has 1 N–H and O–H groups in total. The quantitative estimate of drug-likeness (QED) is 0.664. The van der Waals surface area contributed by atoms with Crippen molar-refractivity contribution in [1.82, 2.24) is 0 Å². The summed E-state index contributed by atoms with van der Waals surface area (Å²) in [4.78, 5) is 35.4. The number of ketones is 1. The van der Waals surface area contributed by atoms with Gasteiger partial charge >= 0.3 is 5.97 Å². The number of amides is 1. The first-order chi connectivity index (χ1) is 10.5. The molecule has 118 valence electrons. The maximum Gasteiger partial charge on any atom is 0.336 e. The van der Waals surface area contributed by atoms with Gasteiger partial charge < -0.3 is 14.8 Å². The molecule has 22 heavy (non-hydrogen) atoms. The lowest BCUT2D eigenvalue weighted by Crippen LogP contribution is -2.34. The van der Waals surface area contributed by atoms with Gasteiger partial charge in [-0.15, -0.1) is 0 Å². The molecule has 0 aliphatic carbocycles. The zero-order valence-corrected chi connectivity index (χ0v) is 12.6. The van der Waals surface area contributed by atoms with Crippen LogP contribution in [0.4, 0.5) is 5.69 Å². The van der Waals surface area contributed by atoms with Crippen molar-refractivity contribution in [2.75, 3.05) is 11.9 Å². The molecule has 0 spiro atoms. The van der Waals surface area contributed by atoms with Crippen molar-refractivity contribution >= 4 is 23.3 Å². The summed E-state index contributed by atoms with van der Waals surface area (Å²) in [5.41, 5.74) is 0.813. The first-order valence-corrected chi connectivity index (χ1v) is 7.22. The molecule has 1 heterocycles. The van der Waals surface area contributed by atoms with Gasteiger partial charge in [0.05, 0.1) is 5.69 Å². The second-order valence-electron chi connectivity index (χ2n) is 5.17. The summed E-state index contributed by atoms with van der Waals surface area (Å²) in [7, 11) is 0. The minimum atomic E-state index is -0.961. The third kappa shape index (κ3) is 3.92. The summed E-state index contributed by atoms with van der Waals surface area (Å²) in [6, 6.07) is 6.68. The first kappa shape index (κ1) is 16.2. The Kier molecular flexibility index (Phi) is 5.27. The topological polar surface area (TPSA) is 81.7 Å². The van der Waals surface area contributed by atoms with E-state index in [2.05, 4.69) is 5.32 Å². The van der Waals surface area contributed by atoms with Crippen molar-refractivity contribution in [2.24, 2.45) is 0 Å². The molecule has 1 aromatic carbocycles. The van der Waals surface area contributed by atoms with Crippen LogP contribution in [0.1, 0.15) is 37.0 Å².